The molecular weight excluding hydrogens is 236 g/mol. The molecule has 0 spiro atoms. The van der Waals surface area contributed by atoms with Crippen LogP contribution in [0.2, 0.25) is 0 Å². The van der Waals surface area contributed by atoms with Crippen molar-refractivity contribution in [2.45, 2.75) is 59.5 Å². The van der Waals surface area contributed by atoms with Crippen molar-refractivity contribution in [3.05, 3.63) is 29.8 Å². The first kappa shape index (κ1) is 16.0. The number of ether oxygens (including phenoxy) is 1. The van der Waals surface area contributed by atoms with E-state index in [1.54, 1.807) is 0 Å². The monoisotopic (exact) mass is 264 g/mol. The van der Waals surface area contributed by atoms with Gasteiger partial charge in [0.2, 0.25) is 0 Å². The van der Waals surface area contributed by atoms with Gasteiger partial charge in [-0.15, -0.1) is 0 Å². The highest BCUT2D eigenvalue weighted by Crippen LogP contribution is 2.23. The van der Waals surface area contributed by atoms with Crippen molar-refractivity contribution >= 4 is 0 Å². The topological polar surface area (TPSA) is 29.5 Å². The van der Waals surface area contributed by atoms with Crippen molar-refractivity contribution in [3.8, 4) is 5.75 Å². The summed E-state index contributed by atoms with van der Waals surface area (Å²) in [6, 6.07) is 8.23. The van der Waals surface area contributed by atoms with Crippen LogP contribution in [0, 0.1) is 5.41 Å². The standard InChI is InChI=1S/C17H28O2/c1-5-6-13-19-15-10-7-14(8-11-15)9-12-16(18)17(2,3)4/h7-8,10-11,16,18H,5-6,9,12-13H2,1-4H3. The Kier molecular flexibility index (Phi) is 6.36. The van der Waals surface area contributed by atoms with E-state index < -0.39 is 0 Å². The van der Waals surface area contributed by atoms with Gasteiger partial charge in [0, 0.05) is 0 Å². The molecule has 0 aliphatic carbocycles. The number of aliphatic hydroxyl groups excluding tert-OH is 1. The van der Waals surface area contributed by atoms with Gasteiger partial charge >= 0.3 is 0 Å². The summed E-state index contributed by atoms with van der Waals surface area (Å²) >= 11 is 0. The normalized spacial score (nSPS) is 13.3. The van der Waals surface area contributed by atoms with E-state index in [2.05, 4.69) is 39.8 Å². The summed E-state index contributed by atoms with van der Waals surface area (Å²) in [5.74, 6) is 0.938. The number of benzene rings is 1. The SMILES string of the molecule is CCCCOc1ccc(CCC(O)C(C)(C)C)cc1. The number of aliphatic hydroxyl groups is 1. The fraction of sp³-hybridized carbons (Fsp3) is 0.647. The first-order valence-electron chi connectivity index (χ1n) is 7.33. The molecule has 0 heterocycles. The zero-order valence-electron chi connectivity index (χ0n) is 12.8. The number of unbranched alkanes of at least 4 members (excludes halogenated alkanes) is 1. The lowest BCUT2D eigenvalue weighted by molar-refractivity contribution is 0.0560. The van der Waals surface area contributed by atoms with E-state index in [0.29, 0.717) is 0 Å². The molecule has 2 heteroatoms. The number of rotatable bonds is 7. The third kappa shape index (κ3) is 6.11. The third-order valence-corrected chi connectivity index (χ3v) is 3.40. The summed E-state index contributed by atoms with van der Waals surface area (Å²) in [5.41, 5.74) is 1.22. The van der Waals surface area contributed by atoms with Gasteiger partial charge in [-0.2, -0.15) is 0 Å². The van der Waals surface area contributed by atoms with E-state index in [-0.39, 0.29) is 11.5 Å². The minimum atomic E-state index is -0.256. The maximum Gasteiger partial charge on any atom is 0.119 e. The van der Waals surface area contributed by atoms with Gasteiger partial charge in [-0.05, 0) is 42.4 Å². The molecule has 0 radical (unpaired) electrons. The largest absolute Gasteiger partial charge is 0.494 e. The van der Waals surface area contributed by atoms with E-state index in [1.165, 1.54) is 5.56 Å². The molecular formula is C17H28O2. The fourth-order valence-electron chi connectivity index (χ4n) is 1.82. The van der Waals surface area contributed by atoms with E-state index in [4.69, 9.17) is 4.74 Å². The molecule has 1 aromatic rings. The van der Waals surface area contributed by atoms with Crippen LogP contribution in [0.1, 0.15) is 52.5 Å². The Balaban J connectivity index is 2.40. The summed E-state index contributed by atoms with van der Waals surface area (Å²) in [6.07, 6.45) is 3.71. The molecule has 0 bridgehead atoms. The van der Waals surface area contributed by atoms with Gasteiger partial charge in [0.1, 0.15) is 5.75 Å². The van der Waals surface area contributed by atoms with Gasteiger partial charge in [0.15, 0.2) is 0 Å². The van der Waals surface area contributed by atoms with E-state index in [9.17, 15) is 5.11 Å². The van der Waals surface area contributed by atoms with Crippen LogP contribution in [-0.2, 0) is 6.42 Å². The average molecular weight is 264 g/mol. The van der Waals surface area contributed by atoms with Crippen LogP contribution in [0.15, 0.2) is 24.3 Å². The quantitative estimate of drug-likeness (QED) is 0.748. The molecule has 19 heavy (non-hydrogen) atoms. The van der Waals surface area contributed by atoms with Gasteiger partial charge < -0.3 is 9.84 Å². The van der Waals surface area contributed by atoms with Crippen LogP contribution >= 0.6 is 0 Å². The molecule has 1 atom stereocenters. The Labute approximate surface area is 117 Å². The van der Waals surface area contributed by atoms with Crippen molar-refractivity contribution in [1.29, 1.82) is 0 Å². The zero-order chi connectivity index (χ0) is 14.3. The van der Waals surface area contributed by atoms with Crippen molar-refractivity contribution < 1.29 is 9.84 Å². The second kappa shape index (κ2) is 7.54. The van der Waals surface area contributed by atoms with Gasteiger partial charge in [-0.25, -0.2) is 0 Å². The van der Waals surface area contributed by atoms with E-state index in [1.807, 2.05) is 12.1 Å². The van der Waals surface area contributed by atoms with Crippen molar-refractivity contribution in [2.75, 3.05) is 6.61 Å². The number of hydrogen-bond acceptors (Lipinski definition) is 2. The maximum atomic E-state index is 10.0. The van der Waals surface area contributed by atoms with Crippen LogP contribution < -0.4 is 4.74 Å². The summed E-state index contributed by atoms with van der Waals surface area (Å²) in [5, 5.41) is 10.0. The molecule has 0 amide bonds. The molecule has 1 aromatic carbocycles. The first-order chi connectivity index (χ1) is 8.93. The Morgan fingerprint density at radius 3 is 2.32 bits per heavy atom. The van der Waals surface area contributed by atoms with E-state index >= 15 is 0 Å². The Morgan fingerprint density at radius 2 is 1.79 bits per heavy atom. The lowest BCUT2D eigenvalue weighted by Gasteiger charge is -2.25. The molecule has 0 fully saturated rings. The first-order valence-corrected chi connectivity index (χ1v) is 7.33. The second-order valence-electron chi connectivity index (χ2n) is 6.27. The molecule has 108 valence electrons. The molecule has 0 aliphatic rings. The average Bonchev–Trinajstić information content (AvgIpc) is 2.36. The van der Waals surface area contributed by atoms with Crippen molar-refractivity contribution in [3.63, 3.8) is 0 Å². The van der Waals surface area contributed by atoms with Gasteiger partial charge in [-0.1, -0.05) is 46.2 Å². The highest BCUT2D eigenvalue weighted by atomic mass is 16.5. The lowest BCUT2D eigenvalue weighted by atomic mass is 9.86. The maximum absolute atomic E-state index is 10.0. The Bertz CT molecular complexity index is 349. The van der Waals surface area contributed by atoms with E-state index in [0.717, 1.165) is 38.0 Å². The minimum Gasteiger partial charge on any atom is -0.494 e. The van der Waals surface area contributed by atoms with Crippen molar-refractivity contribution in [2.24, 2.45) is 5.41 Å². The van der Waals surface area contributed by atoms with Gasteiger partial charge in [0.05, 0.1) is 12.7 Å². The third-order valence-electron chi connectivity index (χ3n) is 3.40. The predicted molar refractivity (Wildman–Crippen MR) is 80.6 cm³/mol. The smallest absolute Gasteiger partial charge is 0.119 e. The Morgan fingerprint density at radius 1 is 1.16 bits per heavy atom. The Hall–Kier alpha value is -1.02. The van der Waals surface area contributed by atoms with Crippen LogP contribution in [0.4, 0.5) is 0 Å². The molecule has 1 rings (SSSR count). The molecule has 0 saturated carbocycles. The van der Waals surface area contributed by atoms with Crippen LogP contribution in [0.5, 0.6) is 5.75 Å². The zero-order valence-corrected chi connectivity index (χ0v) is 12.8. The highest BCUT2D eigenvalue weighted by Gasteiger charge is 2.21. The van der Waals surface area contributed by atoms with Crippen LogP contribution in [-0.4, -0.2) is 17.8 Å². The molecule has 0 aliphatic heterocycles. The highest BCUT2D eigenvalue weighted by molar-refractivity contribution is 5.27. The fourth-order valence-corrected chi connectivity index (χ4v) is 1.82. The van der Waals surface area contributed by atoms with Crippen LogP contribution in [0.3, 0.4) is 0 Å². The van der Waals surface area contributed by atoms with Crippen molar-refractivity contribution in [1.82, 2.24) is 0 Å². The predicted octanol–water partition coefficient (Wildman–Crippen LogP) is 4.21. The molecule has 1 unspecified atom stereocenters. The summed E-state index contributed by atoms with van der Waals surface area (Å²) < 4.78 is 5.63. The summed E-state index contributed by atoms with van der Waals surface area (Å²) in [4.78, 5) is 0. The van der Waals surface area contributed by atoms with Gasteiger partial charge in [-0.3, -0.25) is 0 Å². The number of aryl methyl sites for hydroxylation is 1. The summed E-state index contributed by atoms with van der Waals surface area (Å²) in [7, 11) is 0. The number of hydrogen-bond donors (Lipinski definition) is 1. The van der Waals surface area contributed by atoms with Gasteiger partial charge in [0.25, 0.3) is 0 Å². The summed E-state index contributed by atoms with van der Waals surface area (Å²) in [6.45, 7) is 9.17. The van der Waals surface area contributed by atoms with Crippen LogP contribution in [0.25, 0.3) is 0 Å². The molecule has 1 N–H and O–H groups in total. The second-order valence-corrected chi connectivity index (χ2v) is 6.27. The lowest BCUT2D eigenvalue weighted by Crippen LogP contribution is -2.26. The molecule has 0 aromatic heterocycles. The minimum absolute atomic E-state index is 0.0385. The molecule has 2 nitrogen and oxygen atoms in total. The molecule has 0 saturated heterocycles.